The number of nitrogens with zero attached hydrogens (tertiary/aromatic N) is 2. The molecule has 2 saturated heterocycles. The Morgan fingerprint density at radius 3 is 2.91 bits per heavy atom. The quantitative estimate of drug-likeness (QED) is 0.446. The number of methoxy groups -OCH3 is 1. The average Bonchev–Trinajstić information content (AvgIpc) is 3.09. The molecule has 2 heterocycles. The van der Waals surface area contributed by atoms with Gasteiger partial charge in [-0.05, 0) is 25.0 Å². The molecule has 3 unspecified atom stereocenters. The summed E-state index contributed by atoms with van der Waals surface area (Å²) in [7, 11) is 1.43. The van der Waals surface area contributed by atoms with Crippen molar-refractivity contribution in [1.82, 2.24) is 10.2 Å². The van der Waals surface area contributed by atoms with E-state index in [1.807, 2.05) is 6.92 Å². The number of ether oxygens (including phenoxy) is 1. The highest BCUT2D eigenvalue weighted by atomic mass is 32.2. The van der Waals surface area contributed by atoms with Crippen molar-refractivity contribution in [1.29, 1.82) is 0 Å². The van der Waals surface area contributed by atoms with Gasteiger partial charge in [-0.25, -0.2) is 0 Å². The summed E-state index contributed by atoms with van der Waals surface area (Å²) in [6.07, 6.45) is 0.793. The predicted octanol–water partition coefficient (Wildman–Crippen LogP) is 0.561. The average molecular weight is 329 g/mol. The van der Waals surface area contributed by atoms with Crippen LogP contribution in [-0.4, -0.2) is 72.3 Å². The zero-order chi connectivity index (χ0) is 16.2. The second-order valence-corrected chi connectivity index (χ2v) is 7.31. The Labute approximate surface area is 136 Å². The summed E-state index contributed by atoms with van der Waals surface area (Å²) >= 11 is 1.77. The van der Waals surface area contributed by atoms with E-state index in [0.717, 1.165) is 37.0 Å². The van der Waals surface area contributed by atoms with E-state index in [1.54, 1.807) is 11.8 Å². The number of rotatable bonds is 4. The van der Waals surface area contributed by atoms with Gasteiger partial charge >= 0.3 is 5.97 Å². The lowest BCUT2D eigenvalue weighted by molar-refractivity contribution is -0.145. The molecule has 2 aliphatic rings. The number of esters is 1. The molecule has 6 nitrogen and oxygen atoms in total. The number of carbonyl (C=O) groups is 1. The normalized spacial score (nSPS) is 32.4. The van der Waals surface area contributed by atoms with Crippen LogP contribution in [0, 0.1) is 11.8 Å². The monoisotopic (exact) mass is 329 g/mol. The fourth-order valence-corrected chi connectivity index (χ4v) is 4.25. The number of likely N-dealkylation sites (tertiary alicyclic amines) is 1. The molecule has 0 amide bonds. The summed E-state index contributed by atoms with van der Waals surface area (Å²) in [5.74, 6) is 2.49. The van der Waals surface area contributed by atoms with Crippen molar-refractivity contribution in [3.8, 4) is 0 Å². The molecule has 0 bridgehead atoms. The zero-order valence-electron chi connectivity index (χ0n) is 13.7. The molecular weight excluding hydrogens is 302 g/mol. The van der Waals surface area contributed by atoms with Crippen LogP contribution in [0.1, 0.15) is 20.3 Å². The molecule has 2 rings (SSSR count). The van der Waals surface area contributed by atoms with Gasteiger partial charge in [0.2, 0.25) is 0 Å². The van der Waals surface area contributed by atoms with E-state index in [1.165, 1.54) is 7.11 Å². The van der Waals surface area contributed by atoms with Gasteiger partial charge in [0, 0.05) is 25.4 Å². The minimum absolute atomic E-state index is 0.112. The van der Waals surface area contributed by atoms with Crippen molar-refractivity contribution in [2.75, 3.05) is 44.8 Å². The van der Waals surface area contributed by atoms with E-state index >= 15 is 0 Å². The minimum atomic E-state index is -0.682. The molecule has 0 aromatic rings. The summed E-state index contributed by atoms with van der Waals surface area (Å²) in [5.41, 5.74) is -0.682. The van der Waals surface area contributed by atoms with Crippen molar-refractivity contribution in [2.24, 2.45) is 16.8 Å². The van der Waals surface area contributed by atoms with Crippen LogP contribution in [0.2, 0.25) is 0 Å². The zero-order valence-corrected chi connectivity index (χ0v) is 14.5. The van der Waals surface area contributed by atoms with E-state index < -0.39 is 5.60 Å². The van der Waals surface area contributed by atoms with Crippen molar-refractivity contribution in [3.63, 3.8) is 0 Å². The van der Waals surface area contributed by atoms with Crippen LogP contribution in [0.3, 0.4) is 0 Å². The molecule has 0 aromatic carbocycles. The van der Waals surface area contributed by atoms with Gasteiger partial charge in [-0.2, -0.15) is 11.8 Å². The Morgan fingerprint density at radius 1 is 1.55 bits per heavy atom. The Hall–Kier alpha value is -0.950. The first-order valence-electron chi connectivity index (χ1n) is 7.90. The van der Waals surface area contributed by atoms with E-state index in [-0.39, 0.29) is 17.8 Å². The first-order chi connectivity index (χ1) is 10.5. The highest BCUT2D eigenvalue weighted by Crippen LogP contribution is 2.28. The highest BCUT2D eigenvalue weighted by molar-refractivity contribution is 7.99. The lowest BCUT2D eigenvalue weighted by Crippen LogP contribution is -2.42. The lowest BCUT2D eigenvalue weighted by atomic mass is 9.99. The van der Waals surface area contributed by atoms with Gasteiger partial charge < -0.3 is 20.1 Å². The minimum Gasteiger partial charge on any atom is -0.469 e. The lowest BCUT2D eigenvalue weighted by Gasteiger charge is -2.24. The van der Waals surface area contributed by atoms with Crippen LogP contribution in [-0.2, 0) is 9.53 Å². The third kappa shape index (κ3) is 4.07. The summed E-state index contributed by atoms with van der Waals surface area (Å²) in [5, 5.41) is 13.7. The number of thioether (sulfide) groups is 1. The molecule has 7 heteroatoms. The first-order valence-corrected chi connectivity index (χ1v) is 9.06. The van der Waals surface area contributed by atoms with Crippen LogP contribution in [0.4, 0.5) is 0 Å². The SMILES string of the molecule is CCNC(=NCC1(O)CCSC1)N1CC(C)C(C(=O)OC)C1. The number of guanidine groups is 1. The smallest absolute Gasteiger partial charge is 0.310 e. The van der Waals surface area contributed by atoms with E-state index in [9.17, 15) is 9.90 Å². The molecule has 126 valence electrons. The second kappa shape index (κ2) is 7.55. The number of hydrogen-bond acceptors (Lipinski definition) is 5. The molecule has 2 N–H and O–H groups in total. The van der Waals surface area contributed by atoms with Crippen molar-refractivity contribution >= 4 is 23.7 Å². The van der Waals surface area contributed by atoms with Crippen LogP contribution in [0.25, 0.3) is 0 Å². The van der Waals surface area contributed by atoms with E-state index in [0.29, 0.717) is 13.1 Å². The fraction of sp³-hybridized carbons (Fsp3) is 0.867. The third-order valence-corrected chi connectivity index (χ3v) is 5.59. The van der Waals surface area contributed by atoms with Gasteiger partial charge in [-0.1, -0.05) is 6.92 Å². The molecule has 2 aliphatic heterocycles. The topological polar surface area (TPSA) is 74.2 Å². The third-order valence-electron chi connectivity index (χ3n) is 4.36. The molecule has 0 aliphatic carbocycles. The van der Waals surface area contributed by atoms with Crippen LogP contribution < -0.4 is 5.32 Å². The summed E-state index contributed by atoms with van der Waals surface area (Å²) < 4.78 is 4.88. The first kappa shape index (κ1) is 17.4. The molecule has 0 radical (unpaired) electrons. The Bertz CT molecular complexity index is 424. The van der Waals surface area contributed by atoms with Crippen LogP contribution in [0.5, 0.6) is 0 Å². The van der Waals surface area contributed by atoms with Gasteiger partial charge in [-0.15, -0.1) is 0 Å². The van der Waals surface area contributed by atoms with Crippen molar-refractivity contribution in [3.05, 3.63) is 0 Å². The summed E-state index contributed by atoms with van der Waals surface area (Å²) in [6, 6.07) is 0. The Balaban J connectivity index is 2.03. The van der Waals surface area contributed by atoms with E-state index in [2.05, 4.69) is 22.1 Å². The summed E-state index contributed by atoms with van der Waals surface area (Å²) in [4.78, 5) is 18.5. The molecule has 2 fully saturated rings. The molecule has 0 spiro atoms. The predicted molar refractivity (Wildman–Crippen MR) is 89.1 cm³/mol. The molecule has 0 aromatic heterocycles. The maximum absolute atomic E-state index is 11.8. The standard InChI is InChI=1S/C15H27N3O3S/c1-4-16-14(17-9-15(20)5-6-22-10-15)18-7-11(2)12(8-18)13(19)21-3/h11-12,20H,4-10H2,1-3H3,(H,16,17). The van der Waals surface area contributed by atoms with Crippen LogP contribution >= 0.6 is 11.8 Å². The Kier molecular flexibility index (Phi) is 5.97. The maximum Gasteiger partial charge on any atom is 0.310 e. The second-order valence-electron chi connectivity index (χ2n) is 6.21. The summed E-state index contributed by atoms with van der Waals surface area (Å²) in [6.45, 7) is 6.65. The Morgan fingerprint density at radius 2 is 2.32 bits per heavy atom. The number of aliphatic imine (C=N–C) groups is 1. The molecule has 3 atom stereocenters. The highest BCUT2D eigenvalue weighted by Gasteiger charge is 2.37. The molecule has 22 heavy (non-hydrogen) atoms. The van der Waals surface area contributed by atoms with Gasteiger partial charge in [0.1, 0.15) is 0 Å². The number of nitrogens with one attached hydrogen (secondary N) is 1. The van der Waals surface area contributed by atoms with Gasteiger partial charge in [0.05, 0.1) is 25.2 Å². The van der Waals surface area contributed by atoms with Gasteiger partial charge in [-0.3, -0.25) is 9.79 Å². The van der Waals surface area contributed by atoms with Gasteiger partial charge in [0.15, 0.2) is 5.96 Å². The number of carbonyl (C=O) groups excluding carboxylic acids is 1. The molecule has 0 saturated carbocycles. The number of hydrogen-bond donors (Lipinski definition) is 2. The molecular formula is C15H27N3O3S. The van der Waals surface area contributed by atoms with Crippen molar-refractivity contribution in [2.45, 2.75) is 25.9 Å². The van der Waals surface area contributed by atoms with E-state index in [4.69, 9.17) is 4.74 Å². The van der Waals surface area contributed by atoms with Crippen molar-refractivity contribution < 1.29 is 14.6 Å². The maximum atomic E-state index is 11.8. The van der Waals surface area contributed by atoms with Crippen LogP contribution in [0.15, 0.2) is 4.99 Å². The fourth-order valence-electron chi connectivity index (χ4n) is 2.97. The largest absolute Gasteiger partial charge is 0.469 e. The van der Waals surface area contributed by atoms with Gasteiger partial charge in [0.25, 0.3) is 0 Å². The number of aliphatic hydroxyl groups is 1.